The van der Waals surface area contributed by atoms with Crippen LogP contribution in [0.3, 0.4) is 0 Å². The Bertz CT molecular complexity index is 944. The first-order valence-electron chi connectivity index (χ1n) is 12.7. The van der Waals surface area contributed by atoms with Crippen LogP contribution in [-0.2, 0) is 13.0 Å². The van der Waals surface area contributed by atoms with E-state index in [1.54, 1.807) is 11.8 Å². The fourth-order valence-electron chi connectivity index (χ4n) is 5.52. The Balaban J connectivity index is 1.56. The van der Waals surface area contributed by atoms with Gasteiger partial charge in [0.05, 0.1) is 0 Å². The highest BCUT2D eigenvalue weighted by atomic mass is 32.2. The molecule has 2 aliphatic rings. The molecule has 1 aliphatic heterocycles. The highest BCUT2D eigenvalue weighted by Gasteiger charge is 2.29. The standard InChI is InChI=1S/C28H39N3S2/c1-4-16-30-17-8-10-23-18-22(14-15-27(23)30)20-31(26-13-6-5-9-21(26)2)28(32)29-24-11-7-12-25(19-24)33-3/h7,11-12,14-15,18-19,21,26H,4-6,8-10,13,16-17,20H2,1-3H3,(H,29,32)/t21-,26-/m1/s1. The monoisotopic (exact) mass is 481 g/mol. The molecule has 2 atom stereocenters. The number of benzene rings is 2. The molecule has 1 heterocycles. The summed E-state index contributed by atoms with van der Waals surface area (Å²) in [5, 5.41) is 4.44. The van der Waals surface area contributed by atoms with Crippen molar-refractivity contribution in [2.75, 3.05) is 29.6 Å². The van der Waals surface area contributed by atoms with Gasteiger partial charge in [-0.25, -0.2) is 0 Å². The minimum atomic E-state index is 0.495. The van der Waals surface area contributed by atoms with E-state index in [0.29, 0.717) is 12.0 Å². The summed E-state index contributed by atoms with van der Waals surface area (Å²) >= 11 is 7.81. The first-order valence-corrected chi connectivity index (χ1v) is 14.3. The molecular weight excluding hydrogens is 442 g/mol. The summed E-state index contributed by atoms with van der Waals surface area (Å²) in [6.45, 7) is 7.90. The molecule has 4 rings (SSSR count). The van der Waals surface area contributed by atoms with Crippen molar-refractivity contribution in [3.63, 3.8) is 0 Å². The van der Waals surface area contributed by atoms with Crippen molar-refractivity contribution >= 4 is 40.5 Å². The van der Waals surface area contributed by atoms with E-state index in [1.165, 1.54) is 73.2 Å². The number of nitrogens with one attached hydrogen (secondary N) is 1. The zero-order valence-electron chi connectivity index (χ0n) is 20.5. The smallest absolute Gasteiger partial charge is 0.173 e. The Hall–Kier alpha value is -1.72. The van der Waals surface area contributed by atoms with Gasteiger partial charge in [0.1, 0.15) is 0 Å². The molecule has 0 aromatic heterocycles. The second kappa shape index (κ2) is 11.6. The normalized spacial score (nSPS) is 20.3. The van der Waals surface area contributed by atoms with Gasteiger partial charge in [-0.05, 0) is 91.9 Å². The van der Waals surface area contributed by atoms with Gasteiger partial charge in [-0.15, -0.1) is 11.8 Å². The van der Waals surface area contributed by atoms with Gasteiger partial charge in [-0.3, -0.25) is 0 Å². The molecular formula is C28H39N3S2. The molecule has 5 heteroatoms. The van der Waals surface area contributed by atoms with Crippen LogP contribution in [0.5, 0.6) is 0 Å². The largest absolute Gasteiger partial charge is 0.371 e. The van der Waals surface area contributed by atoms with Crippen LogP contribution in [0.1, 0.15) is 63.5 Å². The molecule has 1 fully saturated rings. The van der Waals surface area contributed by atoms with E-state index in [9.17, 15) is 0 Å². The van der Waals surface area contributed by atoms with Gasteiger partial charge in [-0.1, -0.05) is 44.9 Å². The number of fused-ring (bicyclic) bond motifs is 1. The topological polar surface area (TPSA) is 18.5 Å². The maximum atomic E-state index is 6.04. The Kier molecular flexibility index (Phi) is 8.59. The Morgan fingerprint density at radius 2 is 2.00 bits per heavy atom. The Labute approximate surface area is 210 Å². The highest BCUT2D eigenvalue weighted by Crippen LogP contribution is 2.32. The van der Waals surface area contributed by atoms with E-state index < -0.39 is 0 Å². The first-order chi connectivity index (χ1) is 16.1. The van der Waals surface area contributed by atoms with Crippen molar-refractivity contribution in [3.05, 3.63) is 53.6 Å². The molecule has 0 bridgehead atoms. The zero-order chi connectivity index (χ0) is 23.2. The Morgan fingerprint density at radius 3 is 2.79 bits per heavy atom. The van der Waals surface area contributed by atoms with E-state index >= 15 is 0 Å². The van der Waals surface area contributed by atoms with E-state index in [1.807, 2.05) is 0 Å². The average molecular weight is 482 g/mol. The van der Waals surface area contributed by atoms with Crippen LogP contribution >= 0.6 is 24.0 Å². The van der Waals surface area contributed by atoms with Crippen LogP contribution in [0.2, 0.25) is 0 Å². The molecule has 33 heavy (non-hydrogen) atoms. The number of hydrogen-bond acceptors (Lipinski definition) is 3. The molecule has 0 saturated heterocycles. The van der Waals surface area contributed by atoms with Crippen LogP contribution in [0, 0.1) is 5.92 Å². The van der Waals surface area contributed by atoms with Gasteiger partial charge in [0.2, 0.25) is 0 Å². The molecule has 0 unspecified atom stereocenters. The van der Waals surface area contributed by atoms with E-state index in [0.717, 1.165) is 23.9 Å². The van der Waals surface area contributed by atoms with Gasteiger partial charge in [0.15, 0.2) is 5.11 Å². The number of nitrogens with zero attached hydrogens (tertiary/aromatic N) is 2. The maximum Gasteiger partial charge on any atom is 0.173 e. The lowest BCUT2D eigenvalue weighted by atomic mass is 9.84. The maximum absolute atomic E-state index is 6.04. The fourth-order valence-corrected chi connectivity index (χ4v) is 6.30. The number of thioether (sulfide) groups is 1. The average Bonchev–Trinajstić information content (AvgIpc) is 2.83. The van der Waals surface area contributed by atoms with Crippen LogP contribution < -0.4 is 10.2 Å². The first kappa shape index (κ1) is 24.4. The van der Waals surface area contributed by atoms with Crippen molar-refractivity contribution in [1.82, 2.24) is 4.90 Å². The molecule has 178 valence electrons. The third kappa shape index (κ3) is 6.05. The lowest BCUT2D eigenvalue weighted by Crippen LogP contribution is -2.46. The van der Waals surface area contributed by atoms with E-state index in [4.69, 9.17) is 12.2 Å². The van der Waals surface area contributed by atoms with Crippen LogP contribution in [0.25, 0.3) is 0 Å². The quantitative estimate of drug-likeness (QED) is 0.328. The summed E-state index contributed by atoms with van der Waals surface area (Å²) in [5.41, 5.74) is 5.42. The highest BCUT2D eigenvalue weighted by molar-refractivity contribution is 7.98. The van der Waals surface area contributed by atoms with Gasteiger partial charge in [0, 0.05) is 41.9 Å². The summed E-state index contributed by atoms with van der Waals surface area (Å²) in [7, 11) is 0. The minimum Gasteiger partial charge on any atom is -0.371 e. The Morgan fingerprint density at radius 1 is 1.15 bits per heavy atom. The number of anilines is 2. The fraction of sp³-hybridized carbons (Fsp3) is 0.536. The summed E-state index contributed by atoms with van der Waals surface area (Å²) in [4.78, 5) is 6.31. The molecule has 0 radical (unpaired) electrons. The molecule has 1 N–H and O–H groups in total. The predicted molar refractivity (Wildman–Crippen MR) is 149 cm³/mol. The predicted octanol–water partition coefficient (Wildman–Crippen LogP) is 7.35. The number of rotatable bonds is 7. The van der Waals surface area contributed by atoms with Gasteiger partial charge in [-0.2, -0.15) is 0 Å². The van der Waals surface area contributed by atoms with Gasteiger partial charge in [0.25, 0.3) is 0 Å². The van der Waals surface area contributed by atoms with E-state index in [-0.39, 0.29) is 0 Å². The number of aryl methyl sites for hydroxylation is 1. The van der Waals surface area contributed by atoms with Crippen molar-refractivity contribution in [2.24, 2.45) is 5.92 Å². The summed E-state index contributed by atoms with van der Waals surface area (Å²) in [6, 6.07) is 16.2. The third-order valence-corrected chi connectivity index (χ3v) is 8.32. The molecule has 0 spiro atoms. The van der Waals surface area contributed by atoms with Crippen molar-refractivity contribution in [1.29, 1.82) is 0 Å². The molecule has 3 nitrogen and oxygen atoms in total. The van der Waals surface area contributed by atoms with Crippen molar-refractivity contribution < 1.29 is 0 Å². The van der Waals surface area contributed by atoms with Crippen LogP contribution in [0.4, 0.5) is 11.4 Å². The van der Waals surface area contributed by atoms with Gasteiger partial charge < -0.3 is 15.1 Å². The second-order valence-corrected chi connectivity index (χ2v) is 10.9. The van der Waals surface area contributed by atoms with Crippen molar-refractivity contribution in [3.8, 4) is 0 Å². The zero-order valence-corrected chi connectivity index (χ0v) is 22.1. The van der Waals surface area contributed by atoms with Gasteiger partial charge >= 0.3 is 0 Å². The SMILES string of the molecule is CCCN1CCCc2cc(CN(C(=S)Nc3cccc(SC)c3)[C@@H]3CCCC[C@H]3C)ccc21. The minimum absolute atomic E-state index is 0.495. The number of hydrogen-bond donors (Lipinski definition) is 1. The van der Waals surface area contributed by atoms with Crippen molar-refractivity contribution in [2.45, 2.75) is 76.3 Å². The van der Waals surface area contributed by atoms with Crippen LogP contribution in [-0.4, -0.2) is 35.4 Å². The van der Waals surface area contributed by atoms with E-state index in [2.05, 4.69) is 77.7 Å². The third-order valence-electron chi connectivity index (χ3n) is 7.25. The lowest BCUT2D eigenvalue weighted by Gasteiger charge is -2.40. The molecule has 1 aliphatic carbocycles. The van der Waals surface area contributed by atoms with Crippen LogP contribution in [0.15, 0.2) is 47.4 Å². The molecule has 1 saturated carbocycles. The summed E-state index contributed by atoms with van der Waals surface area (Å²) in [5.74, 6) is 0.661. The molecule has 0 amide bonds. The second-order valence-electron chi connectivity index (χ2n) is 9.67. The molecule has 2 aromatic rings. The molecule has 2 aromatic carbocycles. The lowest BCUT2D eigenvalue weighted by molar-refractivity contribution is 0.177. The summed E-state index contributed by atoms with van der Waals surface area (Å²) < 4.78 is 0. The summed E-state index contributed by atoms with van der Waals surface area (Å²) in [6.07, 6.45) is 10.9. The number of thiocarbonyl (C=S) groups is 1.